The van der Waals surface area contributed by atoms with E-state index >= 15 is 0 Å². The molecule has 33 heavy (non-hydrogen) atoms. The molecule has 0 unspecified atom stereocenters. The summed E-state index contributed by atoms with van der Waals surface area (Å²) in [5.41, 5.74) is 2.65. The first kappa shape index (κ1) is 21.0. The van der Waals surface area contributed by atoms with Crippen LogP contribution in [0.15, 0.2) is 70.7 Å². The molecule has 2 aromatic carbocycles. The Bertz CT molecular complexity index is 1580. The van der Waals surface area contributed by atoms with Crippen molar-refractivity contribution in [1.29, 1.82) is 0 Å². The molecular weight excluding hydrogens is 438 g/mol. The van der Waals surface area contributed by atoms with Gasteiger partial charge in [-0.3, -0.25) is 14.0 Å². The van der Waals surface area contributed by atoms with E-state index in [1.165, 1.54) is 16.3 Å². The van der Waals surface area contributed by atoms with Crippen molar-refractivity contribution < 1.29 is 9.53 Å². The zero-order chi connectivity index (χ0) is 23.1. The molecule has 166 valence electrons. The minimum Gasteiger partial charge on any atom is -0.495 e. The Morgan fingerprint density at radius 1 is 1.09 bits per heavy atom. The fourth-order valence-electron chi connectivity index (χ4n) is 3.92. The van der Waals surface area contributed by atoms with Crippen LogP contribution in [0.2, 0.25) is 0 Å². The van der Waals surface area contributed by atoms with Crippen LogP contribution in [-0.4, -0.2) is 42.4 Å². The fourth-order valence-corrected chi connectivity index (χ4v) is 4.73. The van der Waals surface area contributed by atoms with Crippen molar-refractivity contribution in [3.05, 3.63) is 82.4 Å². The van der Waals surface area contributed by atoms with Crippen LogP contribution in [0.25, 0.3) is 22.4 Å². The van der Waals surface area contributed by atoms with Crippen molar-refractivity contribution in [1.82, 2.24) is 23.7 Å². The van der Waals surface area contributed by atoms with E-state index in [-0.39, 0.29) is 17.1 Å². The third-order valence-corrected chi connectivity index (χ3v) is 6.46. The van der Waals surface area contributed by atoms with Gasteiger partial charge in [0.2, 0.25) is 5.78 Å². The molecule has 8 nitrogen and oxygen atoms in total. The number of ketones is 1. The molecule has 0 aliphatic rings. The van der Waals surface area contributed by atoms with Gasteiger partial charge in [0, 0.05) is 13.2 Å². The quantitative estimate of drug-likeness (QED) is 0.285. The van der Waals surface area contributed by atoms with E-state index in [4.69, 9.17) is 4.74 Å². The highest BCUT2D eigenvalue weighted by molar-refractivity contribution is 7.99. The average molecular weight is 460 g/mol. The Labute approximate surface area is 193 Å². The first-order valence-corrected chi connectivity index (χ1v) is 11.3. The number of hydrogen-bond donors (Lipinski definition) is 0. The van der Waals surface area contributed by atoms with Crippen molar-refractivity contribution in [3.8, 4) is 11.4 Å². The topological polar surface area (TPSA) is 83.4 Å². The lowest BCUT2D eigenvalue weighted by molar-refractivity contribution is 0.101. The lowest BCUT2D eigenvalue weighted by Crippen LogP contribution is -2.22. The number of thioether (sulfide) groups is 1. The number of carbonyl (C=O) groups is 1. The predicted molar refractivity (Wildman–Crippen MR) is 128 cm³/mol. The summed E-state index contributed by atoms with van der Waals surface area (Å²) in [4.78, 5) is 26.3. The van der Waals surface area contributed by atoms with Crippen LogP contribution in [0.5, 0.6) is 5.75 Å². The third-order valence-electron chi connectivity index (χ3n) is 5.53. The van der Waals surface area contributed by atoms with Gasteiger partial charge < -0.3 is 9.30 Å². The summed E-state index contributed by atoms with van der Waals surface area (Å²) in [6, 6.07) is 16.6. The Hall–Kier alpha value is -3.85. The smallest absolute Gasteiger partial charge is 0.267 e. The molecule has 9 heteroatoms. The average Bonchev–Trinajstić information content (AvgIpc) is 3.44. The molecule has 0 amide bonds. The number of carbonyl (C=O) groups excluding carboxylic acids is 1. The van der Waals surface area contributed by atoms with Gasteiger partial charge in [0.25, 0.3) is 5.56 Å². The molecule has 0 spiro atoms. The standard InChI is InChI=1S/C24H21N5O3S/c1-15-10-11-21(32-3)19(13-15)28-22(31)16-7-4-5-8-17(16)29-23(28)25-26-24(29)33-14-20(30)18-9-6-12-27(18)2/h4-13H,14H2,1-3H3. The minimum absolute atomic E-state index is 0.0118. The van der Waals surface area contributed by atoms with Crippen LogP contribution in [0, 0.1) is 6.92 Å². The zero-order valence-electron chi connectivity index (χ0n) is 18.3. The lowest BCUT2D eigenvalue weighted by atomic mass is 10.2. The number of Topliss-reactive ketones (excluding diaryl/α,β-unsaturated/α-hetero) is 1. The van der Waals surface area contributed by atoms with Gasteiger partial charge in [0.15, 0.2) is 10.9 Å². The number of fused-ring (bicyclic) bond motifs is 3. The highest BCUT2D eigenvalue weighted by Gasteiger charge is 2.21. The summed E-state index contributed by atoms with van der Waals surface area (Å²) in [6.45, 7) is 1.95. The third kappa shape index (κ3) is 3.50. The maximum atomic E-state index is 13.6. The summed E-state index contributed by atoms with van der Waals surface area (Å²) >= 11 is 1.29. The second-order valence-electron chi connectivity index (χ2n) is 7.67. The normalized spacial score (nSPS) is 11.4. The summed E-state index contributed by atoms with van der Waals surface area (Å²) in [5, 5.41) is 9.74. The summed E-state index contributed by atoms with van der Waals surface area (Å²) in [6.07, 6.45) is 1.84. The van der Waals surface area contributed by atoms with Crippen LogP contribution in [0.3, 0.4) is 0 Å². The van der Waals surface area contributed by atoms with E-state index in [9.17, 15) is 9.59 Å². The second-order valence-corrected chi connectivity index (χ2v) is 8.61. The van der Waals surface area contributed by atoms with Gasteiger partial charge in [0.1, 0.15) is 5.75 Å². The van der Waals surface area contributed by atoms with E-state index in [0.29, 0.717) is 39.0 Å². The maximum absolute atomic E-state index is 13.6. The summed E-state index contributed by atoms with van der Waals surface area (Å²) in [5.74, 6) is 1.09. The van der Waals surface area contributed by atoms with Gasteiger partial charge in [-0.15, -0.1) is 10.2 Å². The molecule has 5 aromatic rings. The van der Waals surface area contributed by atoms with Crippen LogP contribution < -0.4 is 10.3 Å². The number of ether oxygens (including phenoxy) is 1. The Balaban J connectivity index is 1.70. The number of rotatable bonds is 6. The molecule has 0 fully saturated rings. The van der Waals surface area contributed by atoms with Crippen LogP contribution in [0.1, 0.15) is 16.1 Å². The zero-order valence-corrected chi connectivity index (χ0v) is 19.2. The number of aromatic nitrogens is 5. The van der Waals surface area contributed by atoms with Gasteiger partial charge in [0.05, 0.1) is 35.1 Å². The molecule has 0 N–H and O–H groups in total. The maximum Gasteiger partial charge on any atom is 0.267 e. The number of benzene rings is 2. The summed E-state index contributed by atoms with van der Waals surface area (Å²) < 4.78 is 10.7. The van der Waals surface area contributed by atoms with Gasteiger partial charge in [-0.2, -0.15) is 0 Å². The molecule has 0 bridgehead atoms. The minimum atomic E-state index is -0.217. The van der Waals surface area contributed by atoms with Crippen molar-refractivity contribution in [2.45, 2.75) is 12.1 Å². The Kier molecular flexibility index (Phi) is 5.26. The molecule has 0 saturated heterocycles. The molecule has 3 aromatic heterocycles. The van der Waals surface area contributed by atoms with Crippen molar-refractivity contribution >= 4 is 34.2 Å². The largest absolute Gasteiger partial charge is 0.495 e. The molecular formula is C24H21N5O3S. The molecule has 5 rings (SSSR count). The van der Waals surface area contributed by atoms with E-state index < -0.39 is 0 Å². The van der Waals surface area contributed by atoms with E-state index in [2.05, 4.69) is 10.2 Å². The monoisotopic (exact) mass is 459 g/mol. The molecule has 0 aliphatic heterocycles. The first-order chi connectivity index (χ1) is 16.0. The number of hydrogen-bond acceptors (Lipinski definition) is 6. The molecule has 0 aliphatic carbocycles. The fraction of sp³-hybridized carbons (Fsp3) is 0.167. The SMILES string of the molecule is COc1ccc(C)cc1-n1c(=O)c2ccccc2n2c(SCC(=O)c3cccn3C)nnc12. The number of methoxy groups -OCH3 is 1. The van der Waals surface area contributed by atoms with Gasteiger partial charge in [-0.25, -0.2) is 4.57 Å². The van der Waals surface area contributed by atoms with Crippen LogP contribution in [0.4, 0.5) is 0 Å². The van der Waals surface area contributed by atoms with E-state index in [0.717, 1.165) is 5.56 Å². The lowest BCUT2D eigenvalue weighted by Gasteiger charge is -2.14. The van der Waals surface area contributed by atoms with E-state index in [1.54, 1.807) is 23.8 Å². The van der Waals surface area contributed by atoms with Crippen LogP contribution in [-0.2, 0) is 7.05 Å². The predicted octanol–water partition coefficient (Wildman–Crippen LogP) is 3.66. The molecule has 3 heterocycles. The molecule has 0 atom stereocenters. The van der Waals surface area contributed by atoms with Gasteiger partial charge in [-0.05, 0) is 48.9 Å². The Morgan fingerprint density at radius 2 is 1.91 bits per heavy atom. The van der Waals surface area contributed by atoms with Gasteiger partial charge >= 0.3 is 0 Å². The number of para-hydroxylation sites is 1. The first-order valence-electron chi connectivity index (χ1n) is 10.3. The number of aryl methyl sites for hydroxylation is 2. The Morgan fingerprint density at radius 3 is 2.67 bits per heavy atom. The highest BCUT2D eigenvalue weighted by atomic mass is 32.2. The van der Waals surface area contributed by atoms with E-state index in [1.807, 2.05) is 67.0 Å². The van der Waals surface area contributed by atoms with Crippen molar-refractivity contribution in [2.24, 2.45) is 7.05 Å². The molecule has 0 saturated carbocycles. The summed E-state index contributed by atoms with van der Waals surface area (Å²) in [7, 11) is 3.41. The van der Waals surface area contributed by atoms with Crippen molar-refractivity contribution in [3.63, 3.8) is 0 Å². The number of nitrogens with zero attached hydrogens (tertiary/aromatic N) is 5. The van der Waals surface area contributed by atoms with Gasteiger partial charge in [-0.1, -0.05) is 30.0 Å². The second kappa shape index (κ2) is 8.25. The highest BCUT2D eigenvalue weighted by Crippen LogP contribution is 2.28. The molecule has 0 radical (unpaired) electrons. The van der Waals surface area contributed by atoms with Crippen LogP contribution >= 0.6 is 11.8 Å². The van der Waals surface area contributed by atoms with Crippen molar-refractivity contribution in [2.75, 3.05) is 12.9 Å².